The Bertz CT molecular complexity index is 644. The van der Waals surface area contributed by atoms with Crippen molar-refractivity contribution in [3.63, 3.8) is 0 Å². The van der Waals surface area contributed by atoms with Crippen molar-refractivity contribution in [2.75, 3.05) is 12.3 Å². The highest BCUT2D eigenvalue weighted by atomic mass is 79.9. The van der Waals surface area contributed by atoms with Crippen LogP contribution in [0.1, 0.15) is 22.8 Å². The zero-order valence-electron chi connectivity index (χ0n) is 11.7. The number of amides is 1. The van der Waals surface area contributed by atoms with Gasteiger partial charge in [-0.1, -0.05) is 34.1 Å². The van der Waals surface area contributed by atoms with Gasteiger partial charge in [-0.15, -0.1) is 0 Å². The summed E-state index contributed by atoms with van der Waals surface area (Å²) in [6.45, 7) is 2.86. The lowest BCUT2D eigenvalue weighted by Crippen LogP contribution is -2.23. The van der Waals surface area contributed by atoms with Gasteiger partial charge in [-0.2, -0.15) is 0 Å². The average Bonchev–Trinajstić information content (AvgIpc) is 2.46. The summed E-state index contributed by atoms with van der Waals surface area (Å²) < 4.78 is 6.36. The third-order valence-electron chi connectivity index (χ3n) is 2.90. The molecule has 0 fully saturated rings. The highest BCUT2D eigenvalue weighted by Crippen LogP contribution is 2.19. The summed E-state index contributed by atoms with van der Waals surface area (Å²) in [4.78, 5) is 12.2. The van der Waals surface area contributed by atoms with Gasteiger partial charge in [0.05, 0.1) is 6.61 Å². The zero-order valence-corrected chi connectivity index (χ0v) is 13.3. The smallest absolute Gasteiger partial charge is 0.251 e. The first-order chi connectivity index (χ1) is 10.1. The van der Waals surface area contributed by atoms with E-state index in [1.54, 1.807) is 18.2 Å². The number of ether oxygens (including phenoxy) is 1. The minimum absolute atomic E-state index is 0.181. The second kappa shape index (κ2) is 7.13. The van der Waals surface area contributed by atoms with Gasteiger partial charge >= 0.3 is 0 Å². The molecule has 0 spiro atoms. The maximum atomic E-state index is 12.2. The second-order valence-corrected chi connectivity index (χ2v) is 5.35. The van der Waals surface area contributed by atoms with E-state index in [-0.39, 0.29) is 5.91 Å². The van der Waals surface area contributed by atoms with Crippen LogP contribution >= 0.6 is 15.9 Å². The molecule has 0 unspecified atom stereocenters. The third kappa shape index (κ3) is 4.23. The fourth-order valence-corrected chi connectivity index (χ4v) is 2.35. The Hall–Kier alpha value is -2.01. The van der Waals surface area contributed by atoms with E-state index in [0.717, 1.165) is 10.0 Å². The van der Waals surface area contributed by atoms with Crippen LogP contribution in [0.15, 0.2) is 46.9 Å². The molecule has 0 saturated carbocycles. The number of nitrogen functional groups attached to an aromatic ring is 1. The van der Waals surface area contributed by atoms with Gasteiger partial charge < -0.3 is 15.8 Å². The third-order valence-corrected chi connectivity index (χ3v) is 3.67. The molecule has 0 aliphatic heterocycles. The molecule has 0 heterocycles. The highest BCUT2D eigenvalue weighted by molar-refractivity contribution is 9.10. The van der Waals surface area contributed by atoms with Crippen molar-refractivity contribution in [1.29, 1.82) is 0 Å². The fourth-order valence-electron chi connectivity index (χ4n) is 1.92. The molecule has 0 aromatic heterocycles. The standard InChI is InChI=1S/C16H17BrN2O2/c1-2-21-14-8-12(7-13(18)9-14)16(20)19-10-11-5-3-4-6-15(11)17/h3-9H,2,10,18H2,1H3,(H,19,20). The van der Waals surface area contributed by atoms with Gasteiger partial charge in [0.1, 0.15) is 5.75 Å². The first-order valence-corrected chi connectivity index (χ1v) is 7.44. The van der Waals surface area contributed by atoms with Crippen molar-refractivity contribution in [2.24, 2.45) is 0 Å². The molecule has 21 heavy (non-hydrogen) atoms. The van der Waals surface area contributed by atoms with Crippen molar-refractivity contribution in [3.8, 4) is 5.75 Å². The van der Waals surface area contributed by atoms with Gasteiger partial charge in [-0.05, 0) is 30.7 Å². The number of benzene rings is 2. The number of anilines is 1. The Balaban J connectivity index is 2.08. The summed E-state index contributed by atoms with van der Waals surface area (Å²) in [6.07, 6.45) is 0. The number of hydrogen-bond acceptors (Lipinski definition) is 3. The van der Waals surface area contributed by atoms with Gasteiger partial charge in [0.25, 0.3) is 5.91 Å². The molecule has 110 valence electrons. The molecule has 2 rings (SSSR count). The molecule has 0 atom stereocenters. The first-order valence-electron chi connectivity index (χ1n) is 6.65. The number of halogens is 1. The van der Waals surface area contributed by atoms with E-state index in [2.05, 4.69) is 21.2 Å². The van der Waals surface area contributed by atoms with Gasteiger partial charge in [0.15, 0.2) is 0 Å². The molecule has 5 heteroatoms. The normalized spacial score (nSPS) is 10.2. The Morgan fingerprint density at radius 1 is 1.29 bits per heavy atom. The number of nitrogens with one attached hydrogen (secondary N) is 1. The number of hydrogen-bond donors (Lipinski definition) is 2. The predicted molar refractivity (Wildman–Crippen MR) is 87.3 cm³/mol. The van der Waals surface area contributed by atoms with Crippen LogP contribution < -0.4 is 15.8 Å². The van der Waals surface area contributed by atoms with Crippen molar-refractivity contribution in [1.82, 2.24) is 5.32 Å². The van der Waals surface area contributed by atoms with Gasteiger partial charge in [-0.25, -0.2) is 0 Å². The van der Waals surface area contributed by atoms with Gasteiger partial charge in [0, 0.05) is 28.3 Å². The molecule has 2 aromatic carbocycles. The van der Waals surface area contributed by atoms with Crippen LogP contribution in [-0.2, 0) is 6.54 Å². The molecule has 2 aromatic rings. The van der Waals surface area contributed by atoms with E-state index in [0.29, 0.717) is 30.2 Å². The maximum Gasteiger partial charge on any atom is 0.251 e. The minimum Gasteiger partial charge on any atom is -0.494 e. The number of rotatable bonds is 5. The van der Waals surface area contributed by atoms with E-state index in [1.165, 1.54) is 0 Å². The van der Waals surface area contributed by atoms with Crippen molar-refractivity contribution in [3.05, 3.63) is 58.1 Å². The summed E-state index contributed by atoms with van der Waals surface area (Å²) in [7, 11) is 0. The monoisotopic (exact) mass is 348 g/mol. The van der Waals surface area contributed by atoms with Crippen LogP contribution in [0.25, 0.3) is 0 Å². The Kier molecular flexibility index (Phi) is 5.22. The largest absolute Gasteiger partial charge is 0.494 e. The summed E-state index contributed by atoms with van der Waals surface area (Å²) in [5, 5.41) is 2.87. The predicted octanol–water partition coefficient (Wildman–Crippen LogP) is 3.36. The molecule has 0 bridgehead atoms. The lowest BCUT2D eigenvalue weighted by Gasteiger charge is -2.10. The average molecular weight is 349 g/mol. The molecular formula is C16H17BrN2O2. The maximum absolute atomic E-state index is 12.2. The van der Waals surface area contributed by atoms with E-state index in [9.17, 15) is 4.79 Å². The number of carbonyl (C=O) groups is 1. The quantitative estimate of drug-likeness (QED) is 0.814. The topological polar surface area (TPSA) is 64.3 Å². The summed E-state index contributed by atoms with van der Waals surface area (Å²) >= 11 is 3.46. The molecule has 0 saturated heterocycles. The van der Waals surface area contributed by atoms with Gasteiger partial charge in [-0.3, -0.25) is 4.79 Å². The van der Waals surface area contributed by atoms with Gasteiger partial charge in [0.2, 0.25) is 0 Å². The second-order valence-electron chi connectivity index (χ2n) is 4.50. The highest BCUT2D eigenvalue weighted by Gasteiger charge is 2.09. The Morgan fingerprint density at radius 2 is 2.05 bits per heavy atom. The molecular weight excluding hydrogens is 332 g/mol. The number of carbonyl (C=O) groups excluding carboxylic acids is 1. The van der Waals surface area contributed by atoms with E-state index in [1.807, 2.05) is 31.2 Å². The molecule has 0 aliphatic rings. The summed E-state index contributed by atoms with van der Waals surface area (Å²) in [5.41, 5.74) is 7.80. The minimum atomic E-state index is -0.181. The fraction of sp³-hybridized carbons (Fsp3) is 0.188. The van der Waals surface area contributed by atoms with Crippen LogP contribution in [0.2, 0.25) is 0 Å². The summed E-state index contributed by atoms with van der Waals surface area (Å²) in [5.74, 6) is 0.419. The molecule has 1 amide bonds. The SMILES string of the molecule is CCOc1cc(N)cc(C(=O)NCc2ccccc2Br)c1. The van der Waals surface area contributed by atoms with E-state index in [4.69, 9.17) is 10.5 Å². The molecule has 3 N–H and O–H groups in total. The van der Waals surface area contributed by atoms with Crippen molar-refractivity contribution < 1.29 is 9.53 Å². The lowest BCUT2D eigenvalue weighted by atomic mass is 10.1. The number of nitrogens with two attached hydrogens (primary N) is 1. The van der Waals surface area contributed by atoms with Crippen LogP contribution in [0.3, 0.4) is 0 Å². The van der Waals surface area contributed by atoms with Crippen molar-refractivity contribution in [2.45, 2.75) is 13.5 Å². The first kappa shape index (κ1) is 15.4. The van der Waals surface area contributed by atoms with Crippen LogP contribution in [0.5, 0.6) is 5.75 Å². The molecule has 0 radical (unpaired) electrons. The Labute approximate surface area is 132 Å². The van der Waals surface area contributed by atoms with Crippen LogP contribution in [0, 0.1) is 0 Å². The van der Waals surface area contributed by atoms with E-state index < -0.39 is 0 Å². The van der Waals surface area contributed by atoms with Crippen molar-refractivity contribution >= 4 is 27.5 Å². The Morgan fingerprint density at radius 3 is 2.76 bits per heavy atom. The van der Waals surface area contributed by atoms with Crippen LogP contribution in [-0.4, -0.2) is 12.5 Å². The summed E-state index contributed by atoms with van der Waals surface area (Å²) in [6, 6.07) is 12.8. The van der Waals surface area contributed by atoms with Crippen LogP contribution in [0.4, 0.5) is 5.69 Å². The lowest BCUT2D eigenvalue weighted by molar-refractivity contribution is 0.0950. The zero-order chi connectivity index (χ0) is 15.2. The van der Waals surface area contributed by atoms with E-state index >= 15 is 0 Å². The molecule has 4 nitrogen and oxygen atoms in total. The molecule has 0 aliphatic carbocycles.